The molecule has 1 heteroatoms. The van der Waals surface area contributed by atoms with E-state index in [1.165, 1.54) is 17.7 Å². The number of nitrogens with zero attached hydrogens (tertiary/aromatic N) is 1. The van der Waals surface area contributed by atoms with Gasteiger partial charge < -0.3 is 0 Å². The van der Waals surface area contributed by atoms with Crippen LogP contribution in [0, 0.1) is 13.8 Å². The first kappa shape index (κ1) is 15.6. The molecule has 0 saturated carbocycles. The van der Waals surface area contributed by atoms with Gasteiger partial charge in [0, 0.05) is 19.1 Å². The summed E-state index contributed by atoms with van der Waals surface area (Å²) in [6.45, 7) is 12.5. The summed E-state index contributed by atoms with van der Waals surface area (Å²) < 4.78 is 2.10. The fraction of sp³-hybridized carbons (Fsp3) is 0.615. The monoisotopic (exact) mass is 196 g/mol. The zero-order chi connectivity index (χ0) is 11.6. The van der Waals surface area contributed by atoms with E-state index < -0.39 is 0 Å². The number of aryl methyl sites for hydroxylation is 3. The third kappa shape index (κ3) is 7.78. The summed E-state index contributed by atoms with van der Waals surface area (Å²) >= 11 is 0. The van der Waals surface area contributed by atoms with Crippen LogP contribution < -0.4 is 4.57 Å². The number of hydrogen-bond donors (Lipinski definition) is 0. The number of rotatable bonds is 0. The molecule has 1 nitrogen and oxygen atoms in total. The van der Waals surface area contributed by atoms with Gasteiger partial charge >= 0.3 is 0 Å². The highest BCUT2D eigenvalue weighted by Crippen LogP contribution is 1.94. The van der Waals surface area contributed by atoms with Gasteiger partial charge in [0.2, 0.25) is 0 Å². The van der Waals surface area contributed by atoms with Crippen LogP contribution in [0.3, 0.4) is 0 Å². The van der Waals surface area contributed by atoms with Crippen LogP contribution in [0.25, 0.3) is 0 Å². The fourth-order valence-electron chi connectivity index (χ4n) is 0.826. The van der Waals surface area contributed by atoms with E-state index in [1.54, 1.807) is 0 Å². The molecule has 0 bridgehead atoms. The molecule has 0 aliphatic heterocycles. The Morgan fingerprint density at radius 2 is 1.57 bits per heavy atom. The van der Waals surface area contributed by atoms with Gasteiger partial charge in [-0.3, -0.25) is 0 Å². The molecular weight excluding hydrogens is 170 g/mol. The Morgan fingerprint density at radius 1 is 1.14 bits per heavy atom. The second-order valence-corrected chi connectivity index (χ2v) is 3.16. The Kier molecular flexibility index (Phi) is 11.4. The smallest absolute Gasteiger partial charge is 0.178 e. The molecule has 1 aromatic rings. The minimum atomic E-state index is 1.25. The highest BCUT2D eigenvalue weighted by Gasteiger charge is 1.96. The molecule has 0 aromatic carbocycles. The molecule has 1 aromatic heterocycles. The van der Waals surface area contributed by atoms with E-state index in [9.17, 15) is 0 Å². The molecule has 0 amide bonds. The molecular formula is C13H26N+. The first-order valence-corrected chi connectivity index (χ1v) is 5.54. The molecule has 0 spiro atoms. The summed E-state index contributed by atoms with van der Waals surface area (Å²) in [7, 11) is 2.05. The van der Waals surface area contributed by atoms with Crippen molar-refractivity contribution in [2.75, 3.05) is 0 Å². The third-order valence-electron chi connectivity index (χ3n) is 1.55. The Labute approximate surface area is 89.8 Å². The lowest BCUT2D eigenvalue weighted by Crippen LogP contribution is -2.30. The number of pyridine rings is 1. The molecule has 0 aliphatic carbocycles. The van der Waals surface area contributed by atoms with E-state index in [1.807, 2.05) is 13.8 Å². The van der Waals surface area contributed by atoms with E-state index >= 15 is 0 Å². The van der Waals surface area contributed by atoms with Crippen molar-refractivity contribution in [3.63, 3.8) is 0 Å². The molecule has 0 fully saturated rings. The van der Waals surface area contributed by atoms with Crippen LogP contribution in [0.4, 0.5) is 0 Å². The predicted octanol–water partition coefficient (Wildman–Crippen LogP) is 3.57. The summed E-state index contributed by atoms with van der Waals surface area (Å²) in [5.74, 6) is 0. The zero-order valence-electron chi connectivity index (χ0n) is 10.9. The Balaban J connectivity index is 0. The molecule has 0 radical (unpaired) electrons. The van der Waals surface area contributed by atoms with Gasteiger partial charge in [-0.1, -0.05) is 34.1 Å². The average molecular weight is 196 g/mol. The molecule has 1 heterocycles. The van der Waals surface area contributed by atoms with Crippen molar-refractivity contribution >= 4 is 0 Å². The maximum Gasteiger partial charge on any atom is 0.178 e. The zero-order valence-corrected chi connectivity index (χ0v) is 10.9. The molecule has 14 heavy (non-hydrogen) atoms. The van der Waals surface area contributed by atoms with Crippen molar-refractivity contribution < 1.29 is 4.57 Å². The topological polar surface area (TPSA) is 3.88 Å². The summed E-state index contributed by atoms with van der Waals surface area (Å²) in [4.78, 5) is 0. The summed E-state index contributed by atoms with van der Waals surface area (Å²) in [6, 6.07) is 4.27. The molecule has 0 aliphatic rings. The van der Waals surface area contributed by atoms with Crippen LogP contribution in [-0.2, 0) is 7.05 Å². The Bertz CT molecular complexity index is 229. The summed E-state index contributed by atoms with van der Waals surface area (Å²) in [6.07, 6.45) is 3.32. The molecule has 82 valence electrons. The van der Waals surface area contributed by atoms with Crippen molar-refractivity contribution in [3.05, 3.63) is 29.6 Å². The van der Waals surface area contributed by atoms with Crippen molar-refractivity contribution in [3.8, 4) is 0 Å². The number of hydrogen-bond acceptors (Lipinski definition) is 0. The van der Waals surface area contributed by atoms with E-state index in [-0.39, 0.29) is 0 Å². The van der Waals surface area contributed by atoms with Crippen LogP contribution in [0.15, 0.2) is 18.3 Å². The summed E-state index contributed by atoms with van der Waals surface area (Å²) in [5.41, 5.74) is 2.63. The van der Waals surface area contributed by atoms with Gasteiger partial charge in [0.05, 0.1) is 0 Å². The van der Waals surface area contributed by atoms with Gasteiger partial charge in [-0.2, -0.15) is 0 Å². The minimum absolute atomic E-state index is 1.25. The highest BCUT2D eigenvalue weighted by molar-refractivity contribution is 5.08. The molecule has 0 N–H and O–H groups in total. The van der Waals surface area contributed by atoms with Gasteiger partial charge in [-0.15, -0.1) is 0 Å². The molecule has 0 atom stereocenters. The highest BCUT2D eigenvalue weighted by atomic mass is 14.9. The van der Waals surface area contributed by atoms with Crippen LogP contribution in [0.1, 0.15) is 45.4 Å². The average Bonchev–Trinajstić information content (AvgIpc) is 2.17. The van der Waals surface area contributed by atoms with Crippen LogP contribution in [-0.4, -0.2) is 0 Å². The lowest BCUT2D eigenvalue weighted by atomic mass is 10.2. The predicted molar refractivity (Wildman–Crippen MR) is 64.4 cm³/mol. The first-order valence-electron chi connectivity index (χ1n) is 5.54. The lowest BCUT2D eigenvalue weighted by Gasteiger charge is -1.92. The SMILES string of the molecule is CC.CCC.Cc1cc[n+](C)c(C)c1. The Hall–Kier alpha value is -0.850. The third-order valence-corrected chi connectivity index (χ3v) is 1.55. The second-order valence-electron chi connectivity index (χ2n) is 3.16. The van der Waals surface area contributed by atoms with Gasteiger partial charge in [-0.05, 0) is 12.5 Å². The van der Waals surface area contributed by atoms with Crippen molar-refractivity contribution in [2.45, 2.75) is 48.0 Å². The molecule has 0 unspecified atom stereocenters. The van der Waals surface area contributed by atoms with Gasteiger partial charge in [-0.25, -0.2) is 4.57 Å². The lowest BCUT2D eigenvalue weighted by molar-refractivity contribution is -0.677. The minimum Gasteiger partial charge on any atom is -0.205 e. The largest absolute Gasteiger partial charge is 0.205 e. The standard InChI is InChI=1S/C8H12N.C3H8.C2H6/c1-7-4-5-9(3)8(2)6-7;1-3-2;1-2/h4-6H,1-3H3;3H2,1-2H3;1-2H3/q+1;;. The van der Waals surface area contributed by atoms with Crippen molar-refractivity contribution in [1.82, 2.24) is 0 Å². The maximum absolute atomic E-state index is 2.17. The quantitative estimate of drug-likeness (QED) is 0.559. The van der Waals surface area contributed by atoms with Gasteiger partial charge in [0.1, 0.15) is 7.05 Å². The fourth-order valence-corrected chi connectivity index (χ4v) is 0.826. The maximum atomic E-state index is 2.17. The summed E-state index contributed by atoms with van der Waals surface area (Å²) in [5, 5.41) is 0. The first-order chi connectivity index (χ1) is 6.61. The van der Waals surface area contributed by atoms with Crippen molar-refractivity contribution in [2.24, 2.45) is 7.05 Å². The van der Waals surface area contributed by atoms with E-state index in [2.05, 4.69) is 57.6 Å². The van der Waals surface area contributed by atoms with E-state index in [0.717, 1.165) is 0 Å². The second kappa shape index (κ2) is 10.2. The van der Waals surface area contributed by atoms with Crippen LogP contribution in [0.5, 0.6) is 0 Å². The normalized spacial score (nSPS) is 7.93. The Morgan fingerprint density at radius 3 is 1.86 bits per heavy atom. The van der Waals surface area contributed by atoms with Crippen LogP contribution in [0.2, 0.25) is 0 Å². The molecule has 1 rings (SSSR count). The van der Waals surface area contributed by atoms with Gasteiger partial charge in [0.15, 0.2) is 11.9 Å². The van der Waals surface area contributed by atoms with Gasteiger partial charge in [0.25, 0.3) is 0 Å². The molecule has 0 saturated heterocycles. The van der Waals surface area contributed by atoms with E-state index in [4.69, 9.17) is 0 Å². The van der Waals surface area contributed by atoms with E-state index in [0.29, 0.717) is 0 Å². The van der Waals surface area contributed by atoms with Crippen LogP contribution >= 0.6 is 0 Å². The number of aromatic nitrogens is 1. The van der Waals surface area contributed by atoms with Crippen molar-refractivity contribution in [1.29, 1.82) is 0 Å².